The maximum atomic E-state index is 14.8. The van der Waals surface area contributed by atoms with Gasteiger partial charge < -0.3 is 29.0 Å². The van der Waals surface area contributed by atoms with Crippen LogP contribution in [0, 0.1) is 20.8 Å². The Labute approximate surface area is 456 Å². The number of hydrogen-bond acceptors (Lipinski definition) is 17. The first kappa shape index (κ1) is 61.1. The van der Waals surface area contributed by atoms with Crippen molar-refractivity contribution in [3.8, 4) is 0 Å². The van der Waals surface area contributed by atoms with Crippen molar-refractivity contribution >= 4 is 103 Å². The third kappa shape index (κ3) is 21.3. The molecule has 3 unspecified atom stereocenters. The third-order valence-corrected chi connectivity index (χ3v) is 14.7. The van der Waals surface area contributed by atoms with Gasteiger partial charge in [-0.25, -0.2) is 28.1 Å². The zero-order valence-corrected chi connectivity index (χ0v) is 47.2. The highest BCUT2D eigenvalue weighted by Crippen LogP contribution is 2.20. The van der Waals surface area contributed by atoms with Crippen molar-refractivity contribution in [2.75, 3.05) is 50.2 Å². The Balaban J connectivity index is 1.78. The van der Waals surface area contributed by atoms with Gasteiger partial charge in [-0.15, -0.1) is 0 Å². The molecule has 15 nitrogen and oxygen atoms in total. The van der Waals surface area contributed by atoms with Gasteiger partial charge in [0.15, 0.2) is 10.1 Å². The molecule has 0 aliphatic carbocycles. The Kier molecular flexibility index (Phi) is 27.4. The second-order valence-corrected chi connectivity index (χ2v) is 21.2. The minimum absolute atomic E-state index is 0.0128. The fraction of sp³-hybridized carbons (Fsp3) is 0.481. The third-order valence-electron chi connectivity index (χ3n) is 10.7. The summed E-state index contributed by atoms with van der Waals surface area (Å²) in [4.78, 5) is 84.8. The molecule has 0 amide bonds. The Morgan fingerprint density at radius 1 is 0.521 bits per heavy atom. The van der Waals surface area contributed by atoms with E-state index in [1.165, 1.54) is 0 Å². The van der Waals surface area contributed by atoms with E-state index in [0.29, 0.717) is 68.9 Å². The lowest BCUT2D eigenvalue weighted by Crippen LogP contribution is -2.58. The van der Waals surface area contributed by atoms with E-state index in [1.807, 2.05) is 71.0 Å². The average molecular weight is 1120 g/mol. The van der Waals surface area contributed by atoms with Crippen molar-refractivity contribution in [3.05, 3.63) is 138 Å². The van der Waals surface area contributed by atoms with Gasteiger partial charge in [-0.1, -0.05) is 146 Å². The number of benzene rings is 3. The molecule has 21 heteroatoms. The van der Waals surface area contributed by atoms with Crippen LogP contribution >= 0.6 is 71.9 Å². The van der Waals surface area contributed by atoms with Crippen LogP contribution in [-0.2, 0) is 43.3 Å². The first-order valence-corrected chi connectivity index (χ1v) is 28.4. The van der Waals surface area contributed by atoms with Gasteiger partial charge in [0.25, 0.3) is 5.17 Å². The second-order valence-electron chi connectivity index (χ2n) is 16.9. The molecular weight excluding hydrogens is 1050 g/mol. The number of hydrogen-bond donors (Lipinski definition) is 1. The summed E-state index contributed by atoms with van der Waals surface area (Å²) in [5, 5.41) is 2.51. The van der Waals surface area contributed by atoms with E-state index in [1.54, 1.807) is 43.3 Å². The first-order chi connectivity index (χ1) is 35.0. The molecule has 1 N–H and O–H groups in total. The molecule has 0 spiro atoms. The van der Waals surface area contributed by atoms with Crippen molar-refractivity contribution in [1.29, 1.82) is 0 Å². The van der Waals surface area contributed by atoms with Gasteiger partial charge in [0.2, 0.25) is 15.3 Å². The molecule has 0 saturated heterocycles. The highest BCUT2D eigenvalue weighted by atomic mass is 32.2. The molecule has 396 valence electrons. The van der Waals surface area contributed by atoms with Crippen molar-refractivity contribution in [2.45, 2.75) is 112 Å². The monoisotopic (exact) mass is 1110 g/mol. The van der Waals surface area contributed by atoms with Crippen LogP contribution in [0.4, 0.5) is 0 Å². The van der Waals surface area contributed by atoms with E-state index in [2.05, 4.69) is 5.32 Å². The summed E-state index contributed by atoms with van der Waals surface area (Å²) in [5.74, 6) is -0.114. The summed E-state index contributed by atoms with van der Waals surface area (Å²) < 4.78 is 32.3. The number of thiocarbonyl (C=S) groups is 3. The largest absolute Gasteiger partial charge is 0.481 e. The number of ether oxygens (including phenoxy) is 5. The predicted octanol–water partition coefficient (Wildman–Crippen LogP) is 8.55. The molecule has 4 rings (SSSR count). The molecule has 3 atom stereocenters. The molecule has 4 aromatic rings. The van der Waals surface area contributed by atoms with Crippen molar-refractivity contribution in [2.24, 2.45) is 0 Å². The highest BCUT2D eigenvalue weighted by Gasteiger charge is 2.28. The lowest BCUT2D eigenvalue weighted by Gasteiger charge is -2.24. The Morgan fingerprint density at radius 3 is 1.26 bits per heavy atom. The van der Waals surface area contributed by atoms with Gasteiger partial charge in [-0.2, -0.15) is 0 Å². The minimum Gasteiger partial charge on any atom is -0.481 e. The number of carbonyl (C=O) groups is 3. The van der Waals surface area contributed by atoms with Crippen molar-refractivity contribution < 1.29 is 38.1 Å². The maximum absolute atomic E-state index is 14.8. The van der Waals surface area contributed by atoms with Crippen LogP contribution in [-0.4, -0.2) is 113 Å². The van der Waals surface area contributed by atoms with Gasteiger partial charge in [0.05, 0.1) is 32.8 Å². The van der Waals surface area contributed by atoms with Crippen LogP contribution in [0.2, 0.25) is 0 Å². The van der Waals surface area contributed by atoms with E-state index in [9.17, 15) is 28.8 Å². The number of rotatable bonds is 30. The average Bonchev–Trinajstić information content (AvgIpc) is 3.38. The SMILES string of the molecule is CCCNC(=S)OC(CSC(=O)c1ccc(C)cc1)Cn1c(=O)n(CC(CSC(=O)c2ccc(C)cc2)OC(=S)CC)c(=O)n(CC(CSC(=O)c2ccc(C)cc2)OC(=S)CCCOCCOCCC)c1=O. The Bertz CT molecular complexity index is 2640. The van der Waals surface area contributed by atoms with Gasteiger partial charge >= 0.3 is 17.1 Å². The maximum Gasteiger partial charge on any atom is 0.336 e. The zero-order valence-electron chi connectivity index (χ0n) is 42.3. The van der Waals surface area contributed by atoms with E-state index in [-0.39, 0.29) is 54.3 Å². The summed E-state index contributed by atoms with van der Waals surface area (Å²) in [6.07, 6.45) is -0.364. The molecule has 0 bridgehead atoms. The topological polar surface area (TPSA) is 175 Å². The molecule has 0 aliphatic heterocycles. The minimum atomic E-state index is -1.05. The lowest BCUT2D eigenvalue weighted by atomic mass is 10.2. The number of nitrogens with one attached hydrogen (secondary N) is 1. The molecular formula is C52H66N4O11S6. The van der Waals surface area contributed by atoms with Crippen molar-refractivity contribution in [3.63, 3.8) is 0 Å². The molecule has 3 aromatic carbocycles. The summed E-state index contributed by atoms with van der Waals surface area (Å²) in [6, 6.07) is 21.2. The van der Waals surface area contributed by atoms with Crippen molar-refractivity contribution in [1.82, 2.24) is 19.0 Å². The van der Waals surface area contributed by atoms with Gasteiger partial charge in [-0.3, -0.25) is 14.4 Å². The lowest BCUT2D eigenvalue weighted by molar-refractivity contribution is 0.0471. The first-order valence-electron chi connectivity index (χ1n) is 24.2. The molecule has 0 radical (unpaired) electrons. The van der Waals surface area contributed by atoms with Gasteiger partial charge in [-0.05, 0) is 76.7 Å². The van der Waals surface area contributed by atoms with Crippen LogP contribution in [0.15, 0.2) is 87.2 Å². The summed E-state index contributed by atoms with van der Waals surface area (Å²) >= 11 is 19.4. The fourth-order valence-corrected chi connectivity index (χ4v) is 9.77. The smallest absolute Gasteiger partial charge is 0.336 e. The van der Waals surface area contributed by atoms with E-state index in [0.717, 1.165) is 72.1 Å². The molecule has 1 aromatic heterocycles. The highest BCUT2D eigenvalue weighted by molar-refractivity contribution is 8.14. The Hall–Kier alpha value is -4.48. The normalized spacial score (nSPS) is 12.4. The summed E-state index contributed by atoms with van der Waals surface area (Å²) in [6.45, 7) is 12.5. The van der Waals surface area contributed by atoms with Crippen LogP contribution in [0.1, 0.15) is 101 Å². The van der Waals surface area contributed by atoms with Gasteiger partial charge in [0.1, 0.15) is 18.3 Å². The number of nitrogens with zero attached hydrogens (tertiary/aromatic N) is 3. The standard InChI is InChI=1S/C52H66N4O11S6/c1-7-24-53-49(70)67-43(34-73-48(59)40-22-16-37(6)17-23-40)31-56-51(61)54(29-41(65-44(68)9-3)32-71-46(57)38-18-12-35(4)13-19-38)50(60)55(52(56)62)30-42(33-72-47(58)39-20-14-36(5)15-21-39)66-45(69)11-10-26-64-28-27-63-25-8-2/h12-23,41-43H,7-11,24-34H2,1-6H3,(H,53,70). The molecule has 0 saturated carbocycles. The predicted molar refractivity (Wildman–Crippen MR) is 305 cm³/mol. The molecule has 0 fully saturated rings. The molecule has 73 heavy (non-hydrogen) atoms. The number of aromatic nitrogens is 3. The van der Waals surface area contributed by atoms with E-state index < -0.39 is 55.0 Å². The number of aryl methyl sites for hydroxylation is 3. The molecule has 1 heterocycles. The number of carbonyl (C=O) groups excluding carboxylic acids is 3. The van der Waals surface area contributed by atoms with Gasteiger partial charge in [0, 0.05) is 66.5 Å². The summed E-state index contributed by atoms with van der Waals surface area (Å²) in [7, 11) is 0. The second kappa shape index (κ2) is 32.7. The number of thioether (sulfide) groups is 3. The van der Waals surface area contributed by atoms with Crippen LogP contribution in [0.5, 0.6) is 0 Å². The van der Waals surface area contributed by atoms with E-state index in [4.69, 9.17) is 60.3 Å². The van der Waals surface area contributed by atoms with Crippen LogP contribution in [0.3, 0.4) is 0 Å². The quantitative estimate of drug-likeness (QED) is 0.0388. The van der Waals surface area contributed by atoms with E-state index >= 15 is 0 Å². The van der Waals surface area contributed by atoms with Crippen LogP contribution in [0.25, 0.3) is 0 Å². The fourth-order valence-electron chi connectivity index (χ4n) is 6.68. The Morgan fingerprint density at radius 2 is 0.890 bits per heavy atom. The summed E-state index contributed by atoms with van der Waals surface area (Å²) in [5.41, 5.74) is 1.22. The molecule has 0 aliphatic rings. The zero-order chi connectivity index (χ0) is 53.3. The van der Waals surface area contributed by atoms with Crippen LogP contribution < -0.4 is 22.4 Å².